The molecule has 0 spiro atoms. The third kappa shape index (κ3) is 3.96. The van der Waals surface area contributed by atoms with Gasteiger partial charge in [0, 0.05) is 31.4 Å². The Morgan fingerprint density at radius 2 is 2.00 bits per heavy atom. The molecule has 3 rings (SSSR count). The highest BCUT2D eigenvalue weighted by Crippen LogP contribution is 2.23. The van der Waals surface area contributed by atoms with Crippen LogP contribution in [0.25, 0.3) is 10.2 Å². The fraction of sp³-hybridized carbons (Fsp3) is 0.263. The van der Waals surface area contributed by atoms with Crippen LogP contribution in [0.2, 0.25) is 0 Å². The second-order valence-corrected chi connectivity index (χ2v) is 7.16. The number of nitro groups is 1. The average Bonchev–Trinajstić information content (AvgIpc) is 2.98. The lowest BCUT2D eigenvalue weighted by Crippen LogP contribution is -2.19. The van der Waals surface area contributed by atoms with Gasteiger partial charge in [-0.15, -0.1) is 0 Å². The molecule has 1 heterocycles. The number of fused-ring (bicyclic) bond motifs is 1. The van der Waals surface area contributed by atoms with E-state index in [0.717, 1.165) is 16.6 Å². The first-order valence-electron chi connectivity index (χ1n) is 8.33. The first kappa shape index (κ1) is 18.9. The van der Waals surface area contributed by atoms with Crippen LogP contribution in [0.4, 0.5) is 5.69 Å². The van der Waals surface area contributed by atoms with Gasteiger partial charge in [-0.2, -0.15) is 4.99 Å². The summed E-state index contributed by atoms with van der Waals surface area (Å²) in [4.78, 5) is 28.0. The Morgan fingerprint density at radius 3 is 2.67 bits per heavy atom. The highest BCUT2D eigenvalue weighted by molar-refractivity contribution is 7.16. The topological polar surface area (TPSA) is 86.7 Å². The number of carbonyl (C=O) groups is 1. The summed E-state index contributed by atoms with van der Waals surface area (Å²) in [6, 6.07) is 10.1. The molecule has 0 aliphatic heterocycles. The second kappa shape index (κ2) is 7.81. The van der Waals surface area contributed by atoms with E-state index in [1.807, 2.05) is 30.5 Å². The first-order chi connectivity index (χ1) is 12.9. The van der Waals surface area contributed by atoms with Crippen LogP contribution in [0.5, 0.6) is 0 Å². The number of carbonyl (C=O) groups excluding carboxylic acids is 1. The highest BCUT2D eigenvalue weighted by Gasteiger charge is 2.13. The van der Waals surface area contributed by atoms with Gasteiger partial charge >= 0.3 is 0 Å². The van der Waals surface area contributed by atoms with E-state index in [1.165, 1.54) is 23.5 Å². The summed E-state index contributed by atoms with van der Waals surface area (Å²) in [5, 5.41) is 11.0. The highest BCUT2D eigenvalue weighted by atomic mass is 32.1. The molecule has 0 N–H and O–H groups in total. The van der Waals surface area contributed by atoms with Gasteiger partial charge in [0.1, 0.15) is 0 Å². The Bertz CT molecular complexity index is 1100. The third-order valence-electron chi connectivity index (χ3n) is 4.35. The number of methoxy groups -OCH3 is 1. The van der Waals surface area contributed by atoms with Crippen molar-refractivity contribution in [3.63, 3.8) is 0 Å². The molecule has 8 heteroatoms. The molecule has 1 amide bonds. The number of nitrogens with zero attached hydrogens (tertiary/aromatic N) is 3. The average molecular weight is 385 g/mol. The number of nitro benzene ring substituents is 1. The number of non-ortho nitro benzene ring substituents is 1. The normalized spacial score (nSPS) is 11.9. The molecule has 0 fully saturated rings. The first-order valence-corrected chi connectivity index (χ1v) is 9.15. The zero-order valence-corrected chi connectivity index (χ0v) is 16.1. The number of aromatic nitrogens is 1. The molecule has 0 radical (unpaired) electrons. The SMILES string of the molecule is COCCn1c(=NC(=O)c2ccc(C)c(C)c2)sc2cc([N+](=O)[O-])ccc21. The van der Waals surface area contributed by atoms with Crippen molar-refractivity contribution >= 4 is 33.1 Å². The second-order valence-electron chi connectivity index (χ2n) is 6.15. The molecule has 0 atom stereocenters. The van der Waals surface area contributed by atoms with Crippen LogP contribution in [0, 0.1) is 24.0 Å². The molecule has 7 nitrogen and oxygen atoms in total. The fourth-order valence-electron chi connectivity index (χ4n) is 2.69. The van der Waals surface area contributed by atoms with Crippen molar-refractivity contribution in [3.8, 4) is 0 Å². The van der Waals surface area contributed by atoms with Crippen molar-refractivity contribution in [1.82, 2.24) is 4.57 Å². The summed E-state index contributed by atoms with van der Waals surface area (Å²) in [6.07, 6.45) is 0. The van der Waals surface area contributed by atoms with Crippen LogP contribution in [0.3, 0.4) is 0 Å². The molecule has 3 aromatic rings. The zero-order valence-electron chi connectivity index (χ0n) is 15.3. The van der Waals surface area contributed by atoms with Crippen molar-refractivity contribution in [3.05, 3.63) is 68.0 Å². The van der Waals surface area contributed by atoms with Crippen molar-refractivity contribution in [2.75, 3.05) is 13.7 Å². The molecular weight excluding hydrogens is 366 g/mol. The van der Waals surface area contributed by atoms with E-state index in [1.54, 1.807) is 19.2 Å². The smallest absolute Gasteiger partial charge is 0.279 e. The monoisotopic (exact) mass is 385 g/mol. The van der Waals surface area contributed by atoms with E-state index in [-0.39, 0.29) is 11.6 Å². The maximum atomic E-state index is 12.6. The number of hydrogen-bond donors (Lipinski definition) is 0. The summed E-state index contributed by atoms with van der Waals surface area (Å²) in [6.45, 7) is 4.86. The maximum absolute atomic E-state index is 12.6. The van der Waals surface area contributed by atoms with E-state index in [2.05, 4.69) is 4.99 Å². The van der Waals surface area contributed by atoms with Gasteiger partial charge < -0.3 is 9.30 Å². The minimum atomic E-state index is -0.435. The molecule has 140 valence electrons. The van der Waals surface area contributed by atoms with Crippen molar-refractivity contribution in [1.29, 1.82) is 0 Å². The summed E-state index contributed by atoms with van der Waals surface area (Å²) in [5.41, 5.74) is 3.44. The molecule has 0 aliphatic rings. The van der Waals surface area contributed by atoms with Gasteiger partial charge in [0.15, 0.2) is 4.80 Å². The molecule has 2 aromatic carbocycles. The summed E-state index contributed by atoms with van der Waals surface area (Å²) >= 11 is 1.25. The molecule has 27 heavy (non-hydrogen) atoms. The summed E-state index contributed by atoms with van der Waals surface area (Å²) in [5.74, 6) is -0.342. The molecule has 1 aromatic heterocycles. The van der Waals surface area contributed by atoms with Crippen LogP contribution in [0.15, 0.2) is 41.4 Å². The Hall–Kier alpha value is -2.84. The molecular formula is C19H19N3O4S. The third-order valence-corrected chi connectivity index (χ3v) is 5.39. The van der Waals surface area contributed by atoms with Crippen molar-refractivity contribution < 1.29 is 14.5 Å². The van der Waals surface area contributed by atoms with Crippen molar-refractivity contribution in [2.24, 2.45) is 4.99 Å². The molecule has 0 aliphatic carbocycles. The van der Waals surface area contributed by atoms with Crippen LogP contribution < -0.4 is 4.80 Å². The van der Waals surface area contributed by atoms with Crippen LogP contribution >= 0.6 is 11.3 Å². The number of hydrogen-bond acceptors (Lipinski definition) is 5. The molecule has 0 bridgehead atoms. The molecule has 0 saturated carbocycles. The summed E-state index contributed by atoms with van der Waals surface area (Å²) < 4.78 is 7.70. The predicted octanol–water partition coefficient (Wildman–Crippen LogP) is 3.62. The van der Waals surface area contributed by atoms with E-state index in [9.17, 15) is 14.9 Å². The van der Waals surface area contributed by atoms with Gasteiger partial charge in [0.25, 0.3) is 11.6 Å². The van der Waals surface area contributed by atoms with E-state index >= 15 is 0 Å². The van der Waals surface area contributed by atoms with Crippen molar-refractivity contribution in [2.45, 2.75) is 20.4 Å². The van der Waals surface area contributed by atoms with Gasteiger partial charge in [-0.05, 0) is 43.2 Å². The number of aryl methyl sites for hydroxylation is 2. The Kier molecular flexibility index (Phi) is 5.48. The minimum Gasteiger partial charge on any atom is -0.383 e. The minimum absolute atomic E-state index is 0.00896. The van der Waals surface area contributed by atoms with Gasteiger partial charge in [-0.3, -0.25) is 14.9 Å². The van der Waals surface area contributed by atoms with Gasteiger partial charge in [0.05, 0.1) is 21.7 Å². The lowest BCUT2D eigenvalue weighted by atomic mass is 10.1. The number of amides is 1. The standard InChI is InChI=1S/C19H19N3O4S/c1-12-4-5-14(10-13(12)2)18(23)20-19-21(8-9-26-3)16-7-6-15(22(24)25)11-17(16)27-19/h4-7,10-11H,8-9H2,1-3H3. The quantitative estimate of drug-likeness (QED) is 0.496. The fourth-order valence-corrected chi connectivity index (χ4v) is 3.77. The Balaban J connectivity index is 2.12. The number of thiazole rings is 1. The number of rotatable bonds is 5. The predicted molar refractivity (Wildman–Crippen MR) is 104 cm³/mol. The number of benzene rings is 2. The summed E-state index contributed by atoms with van der Waals surface area (Å²) in [7, 11) is 1.59. The van der Waals surface area contributed by atoms with Gasteiger partial charge in [0.2, 0.25) is 0 Å². The van der Waals surface area contributed by atoms with E-state index in [4.69, 9.17) is 4.74 Å². The Morgan fingerprint density at radius 1 is 1.22 bits per heavy atom. The Labute approximate surface area is 159 Å². The maximum Gasteiger partial charge on any atom is 0.279 e. The largest absolute Gasteiger partial charge is 0.383 e. The van der Waals surface area contributed by atoms with E-state index in [0.29, 0.717) is 28.2 Å². The lowest BCUT2D eigenvalue weighted by Gasteiger charge is -2.04. The van der Waals surface area contributed by atoms with Crippen LogP contribution in [-0.4, -0.2) is 29.1 Å². The zero-order chi connectivity index (χ0) is 19.6. The van der Waals surface area contributed by atoms with Crippen LogP contribution in [0.1, 0.15) is 21.5 Å². The molecule has 0 saturated heterocycles. The number of ether oxygens (including phenoxy) is 1. The van der Waals surface area contributed by atoms with Gasteiger partial charge in [-0.1, -0.05) is 17.4 Å². The van der Waals surface area contributed by atoms with E-state index < -0.39 is 4.92 Å². The lowest BCUT2D eigenvalue weighted by molar-refractivity contribution is -0.384. The molecule has 0 unspecified atom stereocenters. The van der Waals surface area contributed by atoms with Gasteiger partial charge in [-0.25, -0.2) is 0 Å². The van der Waals surface area contributed by atoms with Crippen LogP contribution in [-0.2, 0) is 11.3 Å².